The van der Waals surface area contributed by atoms with Crippen molar-refractivity contribution in [2.75, 3.05) is 0 Å². The lowest BCUT2D eigenvalue weighted by Gasteiger charge is -2.12. The molecule has 0 N–H and O–H groups in total. The monoisotopic (exact) mass is 160 g/mol. The van der Waals surface area contributed by atoms with Gasteiger partial charge < -0.3 is 4.57 Å². The van der Waals surface area contributed by atoms with Gasteiger partial charge in [-0.25, -0.2) is 0 Å². The summed E-state index contributed by atoms with van der Waals surface area (Å²) in [4.78, 5) is 0. The molecule has 0 spiro atoms. The van der Waals surface area contributed by atoms with E-state index < -0.39 is 0 Å². The third-order valence-electron chi connectivity index (χ3n) is 2.61. The van der Waals surface area contributed by atoms with Gasteiger partial charge >= 0.3 is 0 Å². The van der Waals surface area contributed by atoms with Crippen LogP contribution in [0.25, 0.3) is 0 Å². The topological polar surface area (TPSA) is 28.7 Å². The third-order valence-corrected chi connectivity index (χ3v) is 2.61. The summed E-state index contributed by atoms with van der Waals surface area (Å²) in [7, 11) is 0. The molecule has 2 nitrogen and oxygen atoms in total. The van der Waals surface area contributed by atoms with Crippen LogP contribution < -0.4 is 0 Å². The summed E-state index contributed by atoms with van der Waals surface area (Å²) in [5.41, 5.74) is 0.807. The van der Waals surface area contributed by atoms with E-state index in [-0.39, 0.29) is 0 Å². The average Bonchev–Trinajstić information content (AvgIpc) is 2.74. The minimum Gasteiger partial charge on any atom is -0.336 e. The van der Waals surface area contributed by atoms with Crippen LogP contribution in [0.4, 0.5) is 0 Å². The Labute approximate surface area is 72.4 Å². The van der Waals surface area contributed by atoms with Crippen molar-refractivity contribution in [1.82, 2.24) is 4.57 Å². The van der Waals surface area contributed by atoms with E-state index in [1.807, 2.05) is 18.3 Å². The first kappa shape index (κ1) is 7.42. The molecule has 62 valence electrons. The molecular weight excluding hydrogens is 148 g/mol. The van der Waals surface area contributed by atoms with Crippen LogP contribution in [0.1, 0.15) is 37.4 Å². The Kier molecular flexibility index (Phi) is 1.87. The molecule has 0 radical (unpaired) electrons. The van der Waals surface area contributed by atoms with Crippen molar-refractivity contribution in [1.29, 1.82) is 5.26 Å². The number of rotatable bonds is 1. The SMILES string of the molecule is N#Cc1cccn1C1CCCC1. The normalized spacial score (nSPS) is 17.9. The summed E-state index contributed by atoms with van der Waals surface area (Å²) >= 11 is 0. The van der Waals surface area contributed by atoms with E-state index in [0.717, 1.165) is 5.69 Å². The summed E-state index contributed by atoms with van der Waals surface area (Å²) in [6.45, 7) is 0. The van der Waals surface area contributed by atoms with Gasteiger partial charge in [0.15, 0.2) is 0 Å². The minimum atomic E-state index is 0.592. The number of nitrogens with zero attached hydrogens (tertiary/aromatic N) is 2. The molecule has 0 bridgehead atoms. The zero-order valence-corrected chi connectivity index (χ0v) is 7.03. The standard InChI is InChI=1S/C10H12N2/c11-8-10-6-3-7-12(10)9-4-1-2-5-9/h3,6-7,9H,1-2,4-5H2. The first-order valence-corrected chi connectivity index (χ1v) is 4.49. The summed E-state index contributed by atoms with van der Waals surface area (Å²) in [5, 5.41) is 8.80. The van der Waals surface area contributed by atoms with Gasteiger partial charge in [0.1, 0.15) is 11.8 Å². The molecule has 1 aliphatic carbocycles. The lowest BCUT2D eigenvalue weighted by molar-refractivity contribution is 0.516. The second-order valence-electron chi connectivity index (χ2n) is 3.35. The highest BCUT2D eigenvalue weighted by atomic mass is 15.0. The van der Waals surface area contributed by atoms with Gasteiger partial charge in [-0.1, -0.05) is 12.8 Å². The fourth-order valence-electron chi connectivity index (χ4n) is 1.99. The fourth-order valence-corrected chi connectivity index (χ4v) is 1.99. The molecule has 1 fully saturated rings. The Balaban J connectivity index is 2.27. The minimum absolute atomic E-state index is 0.592. The van der Waals surface area contributed by atoms with Gasteiger partial charge in [0, 0.05) is 12.2 Å². The molecule has 0 unspecified atom stereocenters. The van der Waals surface area contributed by atoms with E-state index in [1.165, 1.54) is 25.7 Å². The Morgan fingerprint density at radius 2 is 2.17 bits per heavy atom. The molecule has 1 heterocycles. The summed E-state index contributed by atoms with van der Waals surface area (Å²) in [6, 6.07) is 6.65. The molecule has 1 aromatic heterocycles. The second kappa shape index (κ2) is 3.02. The Morgan fingerprint density at radius 3 is 2.83 bits per heavy atom. The number of hydrogen-bond acceptors (Lipinski definition) is 1. The summed E-state index contributed by atoms with van der Waals surface area (Å²) in [6.07, 6.45) is 7.13. The molecule has 0 saturated heterocycles. The lowest BCUT2D eigenvalue weighted by Crippen LogP contribution is -2.04. The molecular formula is C10H12N2. The molecule has 1 saturated carbocycles. The van der Waals surface area contributed by atoms with Crippen LogP contribution >= 0.6 is 0 Å². The molecule has 12 heavy (non-hydrogen) atoms. The van der Waals surface area contributed by atoms with Gasteiger partial charge in [0.05, 0.1) is 0 Å². The summed E-state index contributed by atoms with van der Waals surface area (Å²) < 4.78 is 2.12. The molecule has 0 aliphatic heterocycles. The van der Waals surface area contributed by atoms with Gasteiger partial charge in [-0.3, -0.25) is 0 Å². The second-order valence-corrected chi connectivity index (χ2v) is 3.35. The first-order valence-electron chi connectivity index (χ1n) is 4.49. The largest absolute Gasteiger partial charge is 0.336 e. The lowest BCUT2D eigenvalue weighted by atomic mass is 10.2. The van der Waals surface area contributed by atoms with E-state index in [2.05, 4.69) is 10.6 Å². The average molecular weight is 160 g/mol. The number of hydrogen-bond donors (Lipinski definition) is 0. The quantitative estimate of drug-likeness (QED) is 0.620. The molecule has 2 rings (SSSR count). The van der Waals surface area contributed by atoms with E-state index >= 15 is 0 Å². The van der Waals surface area contributed by atoms with Crippen molar-refractivity contribution in [2.45, 2.75) is 31.7 Å². The van der Waals surface area contributed by atoms with Crippen LogP contribution in [0.5, 0.6) is 0 Å². The molecule has 0 atom stereocenters. The van der Waals surface area contributed by atoms with E-state index in [9.17, 15) is 0 Å². The zero-order chi connectivity index (χ0) is 8.39. The van der Waals surface area contributed by atoms with Gasteiger partial charge in [-0.2, -0.15) is 5.26 Å². The Morgan fingerprint density at radius 1 is 1.42 bits per heavy atom. The molecule has 2 heteroatoms. The maximum absolute atomic E-state index is 8.80. The van der Waals surface area contributed by atoms with Crippen LogP contribution in [-0.2, 0) is 0 Å². The highest BCUT2D eigenvalue weighted by Gasteiger charge is 2.17. The highest BCUT2D eigenvalue weighted by Crippen LogP contribution is 2.30. The maximum Gasteiger partial charge on any atom is 0.120 e. The Bertz CT molecular complexity index is 300. The molecule has 1 aromatic rings. The van der Waals surface area contributed by atoms with Crippen molar-refractivity contribution in [2.24, 2.45) is 0 Å². The van der Waals surface area contributed by atoms with Crippen LogP contribution in [0.15, 0.2) is 18.3 Å². The predicted molar refractivity (Wildman–Crippen MR) is 46.7 cm³/mol. The summed E-state index contributed by atoms with van der Waals surface area (Å²) in [5.74, 6) is 0. The van der Waals surface area contributed by atoms with Crippen LogP contribution in [0.3, 0.4) is 0 Å². The zero-order valence-electron chi connectivity index (χ0n) is 7.03. The van der Waals surface area contributed by atoms with E-state index in [0.29, 0.717) is 6.04 Å². The number of nitriles is 1. The van der Waals surface area contributed by atoms with Crippen LogP contribution in [0, 0.1) is 11.3 Å². The predicted octanol–water partition coefficient (Wildman–Crippen LogP) is 2.47. The number of aromatic nitrogens is 1. The Hall–Kier alpha value is -1.23. The van der Waals surface area contributed by atoms with Crippen molar-refractivity contribution in [3.8, 4) is 6.07 Å². The van der Waals surface area contributed by atoms with Gasteiger partial charge in [0.2, 0.25) is 0 Å². The van der Waals surface area contributed by atoms with Crippen LogP contribution in [0.2, 0.25) is 0 Å². The van der Waals surface area contributed by atoms with Crippen LogP contribution in [-0.4, -0.2) is 4.57 Å². The van der Waals surface area contributed by atoms with E-state index in [1.54, 1.807) is 0 Å². The molecule has 0 amide bonds. The van der Waals surface area contributed by atoms with Gasteiger partial charge in [0.25, 0.3) is 0 Å². The van der Waals surface area contributed by atoms with Crippen molar-refractivity contribution < 1.29 is 0 Å². The van der Waals surface area contributed by atoms with Crippen molar-refractivity contribution >= 4 is 0 Å². The first-order chi connectivity index (χ1) is 5.92. The van der Waals surface area contributed by atoms with Gasteiger partial charge in [-0.15, -0.1) is 0 Å². The molecule has 1 aliphatic rings. The molecule has 0 aromatic carbocycles. The smallest absolute Gasteiger partial charge is 0.120 e. The van der Waals surface area contributed by atoms with Crippen molar-refractivity contribution in [3.05, 3.63) is 24.0 Å². The van der Waals surface area contributed by atoms with Crippen molar-refractivity contribution in [3.63, 3.8) is 0 Å². The highest BCUT2D eigenvalue weighted by molar-refractivity contribution is 5.22. The van der Waals surface area contributed by atoms with Gasteiger partial charge in [-0.05, 0) is 25.0 Å². The fraction of sp³-hybridized carbons (Fsp3) is 0.500. The van der Waals surface area contributed by atoms with E-state index in [4.69, 9.17) is 5.26 Å². The maximum atomic E-state index is 8.80. The third kappa shape index (κ3) is 1.12.